The molecule has 0 aliphatic carbocycles. The molecule has 0 fully saturated rings. The average Bonchev–Trinajstić information content (AvgIpc) is 3.00. The lowest BCUT2D eigenvalue weighted by Crippen LogP contribution is -2.34. The number of carbonyl (C=O) groups excluding carboxylic acids is 2. The maximum Gasteiger partial charge on any atom is 0.253 e. The number of nitrogens with one attached hydrogen (secondary N) is 2. The summed E-state index contributed by atoms with van der Waals surface area (Å²) in [5.41, 5.74) is 2.08. The number of nitrogens with zero attached hydrogens (tertiary/aromatic N) is 1. The molecule has 0 bridgehead atoms. The minimum Gasteiger partial charge on any atom is -0.354 e. The van der Waals surface area contributed by atoms with Crippen molar-refractivity contribution in [1.29, 1.82) is 0 Å². The highest BCUT2D eigenvalue weighted by molar-refractivity contribution is 7.13. The van der Waals surface area contributed by atoms with Crippen LogP contribution in [-0.2, 0) is 4.79 Å². The fourth-order valence-electron chi connectivity index (χ4n) is 2.14. The molecular formula is C17H21N3O2S. The van der Waals surface area contributed by atoms with Crippen LogP contribution in [0.25, 0.3) is 10.6 Å². The molecule has 122 valence electrons. The Morgan fingerprint density at radius 2 is 2.04 bits per heavy atom. The van der Waals surface area contributed by atoms with Gasteiger partial charge in [0.15, 0.2) is 0 Å². The Hall–Kier alpha value is -2.21. The monoisotopic (exact) mass is 331 g/mol. The molecule has 2 aromatic heterocycles. The van der Waals surface area contributed by atoms with Gasteiger partial charge in [-0.15, -0.1) is 11.3 Å². The predicted molar refractivity (Wildman–Crippen MR) is 92.5 cm³/mol. The van der Waals surface area contributed by atoms with Crippen molar-refractivity contribution >= 4 is 23.2 Å². The van der Waals surface area contributed by atoms with E-state index in [-0.39, 0.29) is 24.3 Å². The molecule has 2 N–H and O–H groups in total. The number of thiophene rings is 1. The molecule has 0 saturated carbocycles. The number of aromatic nitrogens is 1. The molecule has 0 aliphatic heterocycles. The van der Waals surface area contributed by atoms with Crippen LogP contribution in [0.15, 0.2) is 29.6 Å². The molecule has 2 rings (SSSR count). The van der Waals surface area contributed by atoms with Crippen molar-refractivity contribution in [3.8, 4) is 10.6 Å². The summed E-state index contributed by atoms with van der Waals surface area (Å²) in [6.45, 7) is 5.93. The van der Waals surface area contributed by atoms with Crippen LogP contribution in [0.3, 0.4) is 0 Å². The Labute approximate surface area is 140 Å². The zero-order chi connectivity index (χ0) is 16.8. The summed E-state index contributed by atoms with van der Waals surface area (Å²) in [6, 6.07) is 7.70. The first-order chi connectivity index (χ1) is 11.0. The third kappa shape index (κ3) is 4.89. The van der Waals surface area contributed by atoms with Crippen molar-refractivity contribution in [2.45, 2.75) is 33.2 Å². The van der Waals surface area contributed by atoms with Gasteiger partial charge in [0.1, 0.15) is 0 Å². The Morgan fingerprint density at radius 1 is 1.26 bits per heavy atom. The van der Waals surface area contributed by atoms with Crippen LogP contribution in [0.2, 0.25) is 0 Å². The van der Waals surface area contributed by atoms with E-state index in [0.29, 0.717) is 17.8 Å². The van der Waals surface area contributed by atoms with Gasteiger partial charge in [-0.3, -0.25) is 14.6 Å². The largest absolute Gasteiger partial charge is 0.354 e. The van der Waals surface area contributed by atoms with Gasteiger partial charge >= 0.3 is 0 Å². The van der Waals surface area contributed by atoms with Crippen molar-refractivity contribution in [3.05, 3.63) is 40.9 Å². The molecule has 0 spiro atoms. The highest BCUT2D eigenvalue weighted by atomic mass is 32.1. The van der Waals surface area contributed by atoms with Crippen molar-refractivity contribution in [1.82, 2.24) is 15.6 Å². The number of carbonyl (C=O) groups is 2. The molecule has 0 saturated heterocycles. The molecule has 0 radical (unpaired) electrons. The first-order valence-corrected chi connectivity index (χ1v) is 8.44. The Balaban J connectivity index is 1.93. The lowest BCUT2D eigenvalue weighted by molar-refractivity contribution is -0.121. The quantitative estimate of drug-likeness (QED) is 0.855. The second-order valence-electron chi connectivity index (χ2n) is 5.53. The molecule has 2 aromatic rings. The van der Waals surface area contributed by atoms with Gasteiger partial charge in [0.25, 0.3) is 5.91 Å². The summed E-state index contributed by atoms with van der Waals surface area (Å²) in [6.07, 6.45) is 0.268. The van der Waals surface area contributed by atoms with Crippen molar-refractivity contribution in [3.63, 3.8) is 0 Å². The Morgan fingerprint density at radius 3 is 2.65 bits per heavy atom. The summed E-state index contributed by atoms with van der Waals surface area (Å²) in [5, 5.41) is 7.55. The van der Waals surface area contributed by atoms with Gasteiger partial charge in [-0.1, -0.05) is 6.07 Å². The fraction of sp³-hybridized carbons (Fsp3) is 0.353. The minimum atomic E-state index is -0.204. The molecule has 0 aromatic carbocycles. The summed E-state index contributed by atoms with van der Waals surface area (Å²) in [7, 11) is 0. The fourth-order valence-corrected chi connectivity index (χ4v) is 2.84. The number of aryl methyl sites for hydroxylation is 1. The first kappa shape index (κ1) is 17.1. The van der Waals surface area contributed by atoms with Crippen molar-refractivity contribution in [2.75, 3.05) is 6.54 Å². The van der Waals surface area contributed by atoms with Crippen LogP contribution in [-0.4, -0.2) is 29.4 Å². The van der Waals surface area contributed by atoms with Crippen LogP contribution in [0, 0.1) is 6.92 Å². The molecule has 0 atom stereocenters. The van der Waals surface area contributed by atoms with E-state index < -0.39 is 0 Å². The normalized spacial score (nSPS) is 10.6. The van der Waals surface area contributed by atoms with Crippen LogP contribution in [0.4, 0.5) is 0 Å². The molecule has 6 heteroatoms. The second kappa shape index (κ2) is 7.87. The average molecular weight is 331 g/mol. The SMILES string of the molecule is Cc1nc(-c2cccs2)ccc1C(=O)NCCC(=O)NC(C)C. The molecule has 2 heterocycles. The third-order valence-electron chi connectivity index (χ3n) is 3.19. The zero-order valence-corrected chi connectivity index (χ0v) is 14.4. The van der Waals surface area contributed by atoms with Gasteiger partial charge in [-0.2, -0.15) is 0 Å². The van der Waals surface area contributed by atoms with Gasteiger partial charge in [0, 0.05) is 19.0 Å². The van der Waals surface area contributed by atoms with Crippen LogP contribution in [0.5, 0.6) is 0 Å². The van der Waals surface area contributed by atoms with E-state index in [4.69, 9.17) is 0 Å². The summed E-state index contributed by atoms with van der Waals surface area (Å²) in [4.78, 5) is 29.3. The number of hydrogen-bond acceptors (Lipinski definition) is 4. The van der Waals surface area contributed by atoms with Crippen molar-refractivity contribution in [2.24, 2.45) is 0 Å². The Kier molecular flexibility index (Phi) is 5.87. The van der Waals surface area contributed by atoms with Gasteiger partial charge in [0.05, 0.1) is 21.8 Å². The van der Waals surface area contributed by atoms with Gasteiger partial charge in [0.2, 0.25) is 5.91 Å². The zero-order valence-electron chi connectivity index (χ0n) is 13.6. The maximum atomic E-state index is 12.2. The topological polar surface area (TPSA) is 71.1 Å². The highest BCUT2D eigenvalue weighted by Crippen LogP contribution is 2.23. The smallest absolute Gasteiger partial charge is 0.253 e. The molecule has 5 nitrogen and oxygen atoms in total. The predicted octanol–water partition coefficient (Wildman–Crippen LogP) is 2.76. The lowest BCUT2D eigenvalue weighted by atomic mass is 10.1. The molecule has 2 amide bonds. The van der Waals surface area contributed by atoms with E-state index in [1.807, 2.05) is 44.4 Å². The number of rotatable bonds is 6. The summed E-state index contributed by atoms with van der Waals surface area (Å²) < 4.78 is 0. The third-order valence-corrected chi connectivity index (χ3v) is 4.08. The summed E-state index contributed by atoms with van der Waals surface area (Å²) in [5.74, 6) is -0.270. The van der Waals surface area contributed by atoms with Crippen molar-refractivity contribution < 1.29 is 9.59 Å². The van der Waals surface area contributed by atoms with Gasteiger partial charge < -0.3 is 10.6 Å². The molecule has 0 aliphatic rings. The minimum absolute atomic E-state index is 0.0665. The van der Waals surface area contributed by atoms with Gasteiger partial charge in [-0.25, -0.2) is 0 Å². The summed E-state index contributed by atoms with van der Waals surface area (Å²) >= 11 is 1.61. The van der Waals surface area contributed by atoms with E-state index in [1.54, 1.807) is 17.4 Å². The van der Waals surface area contributed by atoms with Crippen LogP contribution < -0.4 is 10.6 Å². The van der Waals surface area contributed by atoms with Crippen LogP contribution in [0.1, 0.15) is 36.3 Å². The lowest BCUT2D eigenvalue weighted by Gasteiger charge is -2.10. The first-order valence-electron chi connectivity index (χ1n) is 7.56. The number of amides is 2. The van der Waals surface area contributed by atoms with E-state index in [1.165, 1.54) is 0 Å². The highest BCUT2D eigenvalue weighted by Gasteiger charge is 2.12. The van der Waals surface area contributed by atoms with E-state index in [2.05, 4.69) is 15.6 Å². The number of pyridine rings is 1. The van der Waals surface area contributed by atoms with E-state index in [9.17, 15) is 9.59 Å². The standard InChI is InChI=1S/C17H21N3O2S/c1-11(2)19-16(21)8-9-18-17(22)13-6-7-14(20-12(13)3)15-5-4-10-23-15/h4-7,10-11H,8-9H2,1-3H3,(H,18,22)(H,19,21). The molecule has 23 heavy (non-hydrogen) atoms. The van der Waals surface area contributed by atoms with E-state index >= 15 is 0 Å². The molecule has 0 unspecified atom stereocenters. The maximum absolute atomic E-state index is 12.2. The van der Waals surface area contributed by atoms with Gasteiger partial charge in [-0.05, 0) is 44.4 Å². The molecular weight excluding hydrogens is 310 g/mol. The second-order valence-corrected chi connectivity index (χ2v) is 6.48. The number of hydrogen-bond donors (Lipinski definition) is 2. The van der Waals surface area contributed by atoms with Crippen LogP contribution >= 0.6 is 11.3 Å². The Bertz CT molecular complexity index is 681. The van der Waals surface area contributed by atoms with E-state index in [0.717, 1.165) is 10.6 Å².